The van der Waals surface area contributed by atoms with Crippen molar-refractivity contribution in [3.63, 3.8) is 0 Å². The summed E-state index contributed by atoms with van der Waals surface area (Å²) in [7, 11) is 0. The molecule has 0 spiro atoms. The Labute approximate surface area is 140 Å². The van der Waals surface area contributed by atoms with Crippen LogP contribution in [0.3, 0.4) is 0 Å². The Hall–Kier alpha value is -0.740. The molecule has 1 aromatic heterocycles. The molecule has 124 valence electrons. The molecule has 0 atom stereocenters. The van der Waals surface area contributed by atoms with Gasteiger partial charge < -0.3 is 0 Å². The number of hydrogen-bond acceptors (Lipinski definition) is 4. The molecule has 0 unspecified atom stereocenters. The summed E-state index contributed by atoms with van der Waals surface area (Å²) < 4.78 is 4.31. The second-order valence-corrected chi connectivity index (χ2v) is 7.17. The second kappa shape index (κ2) is 10.1. The van der Waals surface area contributed by atoms with Crippen LogP contribution in [0.5, 0.6) is 0 Å². The van der Waals surface area contributed by atoms with Gasteiger partial charge in [-0.05, 0) is 43.4 Å². The zero-order valence-electron chi connectivity index (χ0n) is 14.3. The van der Waals surface area contributed by atoms with Crippen LogP contribution in [0.1, 0.15) is 75.5 Å². The molecule has 1 aliphatic heterocycles. The van der Waals surface area contributed by atoms with E-state index in [0.29, 0.717) is 0 Å². The summed E-state index contributed by atoms with van der Waals surface area (Å²) in [4.78, 5) is 7.11. The normalized spacial score (nSPS) is 16.0. The van der Waals surface area contributed by atoms with Crippen molar-refractivity contribution in [2.75, 3.05) is 19.6 Å². The summed E-state index contributed by atoms with van der Waals surface area (Å²) in [5, 5.41) is 1.12. The Bertz CT molecular complexity index is 453. The van der Waals surface area contributed by atoms with Crippen molar-refractivity contribution < 1.29 is 0 Å². The van der Waals surface area contributed by atoms with Crippen molar-refractivity contribution in [1.29, 1.82) is 0 Å². The van der Waals surface area contributed by atoms with Crippen molar-refractivity contribution in [1.82, 2.24) is 14.3 Å². The van der Waals surface area contributed by atoms with Gasteiger partial charge in [0, 0.05) is 13.1 Å². The Balaban J connectivity index is 1.58. The van der Waals surface area contributed by atoms with E-state index in [0.717, 1.165) is 23.8 Å². The highest BCUT2D eigenvalue weighted by atomic mass is 32.1. The first kappa shape index (κ1) is 17.6. The third-order valence-corrected chi connectivity index (χ3v) is 5.24. The summed E-state index contributed by atoms with van der Waals surface area (Å²) in [5.74, 6) is 0.904. The average Bonchev–Trinajstić information content (AvgIpc) is 2.97. The van der Waals surface area contributed by atoms with Crippen LogP contribution in [0.2, 0.25) is 0 Å². The lowest BCUT2D eigenvalue weighted by Crippen LogP contribution is -2.30. The van der Waals surface area contributed by atoms with E-state index in [1.807, 2.05) is 6.92 Å². The highest BCUT2D eigenvalue weighted by molar-refractivity contribution is 7.06. The average molecular weight is 322 g/mol. The van der Waals surface area contributed by atoms with Crippen molar-refractivity contribution >= 4 is 17.1 Å². The van der Waals surface area contributed by atoms with Gasteiger partial charge in [-0.3, -0.25) is 4.90 Å². The number of rotatable bonds is 10. The molecular weight excluding hydrogens is 290 g/mol. The molecule has 22 heavy (non-hydrogen) atoms. The smallest absolute Gasteiger partial charge is 0.140 e. The molecule has 0 fully saturated rings. The Morgan fingerprint density at radius 2 is 1.82 bits per heavy atom. The quantitative estimate of drug-likeness (QED) is 0.563. The highest BCUT2D eigenvalue weighted by Gasteiger charge is 2.16. The number of nitrogens with zero attached hydrogens (tertiary/aromatic N) is 3. The van der Waals surface area contributed by atoms with Gasteiger partial charge in [0.2, 0.25) is 0 Å². The molecule has 4 heteroatoms. The van der Waals surface area contributed by atoms with Gasteiger partial charge >= 0.3 is 0 Å². The number of aryl methyl sites for hydroxylation is 1. The molecule has 3 nitrogen and oxygen atoms in total. The third-order valence-electron chi connectivity index (χ3n) is 4.36. The molecule has 1 aliphatic rings. The fourth-order valence-corrected chi connectivity index (χ4v) is 3.75. The zero-order valence-corrected chi connectivity index (χ0v) is 15.1. The lowest BCUT2D eigenvalue weighted by atomic mass is 10.1. The third kappa shape index (κ3) is 6.17. The van der Waals surface area contributed by atoms with Gasteiger partial charge in [0.05, 0.1) is 0 Å². The molecule has 0 aromatic carbocycles. The topological polar surface area (TPSA) is 29.0 Å². The van der Waals surface area contributed by atoms with E-state index >= 15 is 0 Å². The van der Waals surface area contributed by atoms with E-state index in [1.165, 1.54) is 70.0 Å². The zero-order chi connectivity index (χ0) is 15.6. The molecule has 0 saturated heterocycles. The predicted octanol–water partition coefficient (Wildman–Crippen LogP) is 5.08. The first-order valence-electron chi connectivity index (χ1n) is 9.01. The summed E-state index contributed by atoms with van der Waals surface area (Å²) in [6, 6.07) is 0. The van der Waals surface area contributed by atoms with Gasteiger partial charge in [-0.1, -0.05) is 57.9 Å². The van der Waals surface area contributed by atoms with E-state index in [9.17, 15) is 0 Å². The van der Waals surface area contributed by atoms with Gasteiger partial charge in [-0.15, -0.1) is 0 Å². The SMILES string of the molecule is CCCCCCCCCCN1CCC=C(c2nc(C)ns2)C1. The van der Waals surface area contributed by atoms with E-state index in [1.54, 1.807) is 11.5 Å². The van der Waals surface area contributed by atoms with E-state index in [-0.39, 0.29) is 0 Å². The molecule has 0 radical (unpaired) electrons. The van der Waals surface area contributed by atoms with Crippen LogP contribution in [0.4, 0.5) is 0 Å². The summed E-state index contributed by atoms with van der Waals surface area (Å²) in [6.07, 6.45) is 14.7. The monoisotopic (exact) mass is 321 g/mol. The van der Waals surface area contributed by atoms with Gasteiger partial charge in [0.25, 0.3) is 0 Å². The van der Waals surface area contributed by atoms with Crippen LogP contribution in [-0.2, 0) is 0 Å². The highest BCUT2D eigenvalue weighted by Crippen LogP contribution is 2.22. The molecule has 0 saturated carbocycles. The van der Waals surface area contributed by atoms with Gasteiger partial charge in [-0.25, -0.2) is 4.98 Å². The van der Waals surface area contributed by atoms with E-state index < -0.39 is 0 Å². The minimum absolute atomic E-state index is 0.904. The lowest BCUT2D eigenvalue weighted by molar-refractivity contribution is 0.295. The largest absolute Gasteiger partial charge is 0.299 e. The molecule has 2 rings (SSSR count). The van der Waals surface area contributed by atoms with Crippen LogP contribution in [0.15, 0.2) is 6.08 Å². The van der Waals surface area contributed by atoms with Gasteiger partial charge in [0.1, 0.15) is 10.8 Å². The summed E-state index contributed by atoms with van der Waals surface area (Å²) >= 11 is 1.54. The van der Waals surface area contributed by atoms with Gasteiger partial charge in [0.15, 0.2) is 0 Å². The lowest BCUT2D eigenvalue weighted by Gasteiger charge is -2.26. The maximum atomic E-state index is 4.53. The fourth-order valence-electron chi connectivity index (χ4n) is 3.05. The van der Waals surface area contributed by atoms with Crippen LogP contribution in [0, 0.1) is 6.92 Å². The summed E-state index contributed by atoms with van der Waals surface area (Å²) in [5.41, 5.74) is 1.39. The van der Waals surface area contributed by atoms with Crippen molar-refractivity contribution in [3.05, 3.63) is 16.9 Å². The number of unbranched alkanes of at least 4 members (excludes halogenated alkanes) is 7. The summed E-state index contributed by atoms with van der Waals surface area (Å²) in [6.45, 7) is 7.76. The molecule has 0 bridgehead atoms. The Kier molecular flexibility index (Phi) is 8.10. The fraction of sp³-hybridized carbons (Fsp3) is 0.778. The molecule has 1 aromatic rings. The van der Waals surface area contributed by atoms with Crippen molar-refractivity contribution in [2.24, 2.45) is 0 Å². The number of aromatic nitrogens is 2. The molecule has 2 heterocycles. The standard InChI is InChI=1S/C18H31N3S/c1-3-4-5-6-7-8-9-10-13-21-14-11-12-17(15-21)18-19-16(2)20-22-18/h12H,3-11,13-15H2,1-2H3. The van der Waals surface area contributed by atoms with Crippen LogP contribution in [-0.4, -0.2) is 33.9 Å². The maximum absolute atomic E-state index is 4.53. The number of hydrogen-bond donors (Lipinski definition) is 0. The maximum Gasteiger partial charge on any atom is 0.140 e. The Morgan fingerprint density at radius 1 is 1.09 bits per heavy atom. The Morgan fingerprint density at radius 3 is 2.50 bits per heavy atom. The van der Waals surface area contributed by atoms with Crippen LogP contribution in [0.25, 0.3) is 5.57 Å². The first-order valence-corrected chi connectivity index (χ1v) is 9.79. The van der Waals surface area contributed by atoms with Crippen molar-refractivity contribution in [2.45, 2.75) is 71.6 Å². The first-order chi connectivity index (χ1) is 10.8. The molecule has 0 aliphatic carbocycles. The van der Waals surface area contributed by atoms with E-state index in [2.05, 4.69) is 27.3 Å². The van der Waals surface area contributed by atoms with Gasteiger partial charge in [-0.2, -0.15) is 4.37 Å². The van der Waals surface area contributed by atoms with E-state index in [4.69, 9.17) is 0 Å². The minimum atomic E-state index is 0.904. The van der Waals surface area contributed by atoms with Crippen LogP contribution >= 0.6 is 11.5 Å². The second-order valence-electron chi connectivity index (χ2n) is 6.42. The van der Waals surface area contributed by atoms with Crippen LogP contribution < -0.4 is 0 Å². The predicted molar refractivity (Wildman–Crippen MR) is 96.3 cm³/mol. The minimum Gasteiger partial charge on any atom is -0.299 e. The molecule has 0 N–H and O–H groups in total. The molecular formula is C18H31N3S. The molecule has 0 amide bonds. The van der Waals surface area contributed by atoms with Crippen molar-refractivity contribution in [3.8, 4) is 0 Å².